The van der Waals surface area contributed by atoms with Gasteiger partial charge in [-0.3, -0.25) is 4.79 Å². The third-order valence-corrected chi connectivity index (χ3v) is 6.30. The molecular weight excluding hydrogens is 403 g/mol. The van der Waals surface area contributed by atoms with Crippen LogP contribution in [0.4, 0.5) is 5.69 Å². The van der Waals surface area contributed by atoms with Crippen LogP contribution in [0.15, 0.2) is 52.3 Å². The Morgan fingerprint density at radius 2 is 1.76 bits per heavy atom. The Kier molecular flexibility index (Phi) is 6.76. The highest BCUT2D eigenvalue weighted by molar-refractivity contribution is 7.98. The molecule has 0 radical (unpaired) electrons. The largest absolute Gasteiger partial charge is 0.324 e. The lowest BCUT2D eigenvalue weighted by Crippen LogP contribution is -2.35. The summed E-state index contributed by atoms with van der Waals surface area (Å²) in [4.78, 5) is 13.1. The molecule has 1 N–H and O–H groups in total. The van der Waals surface area contributed by atoms with Gasteiger partial charge in [0.05, 0.1) is 17.1 Å². The van der Waals surface area contributed by atoms with E-state index in [-0.39, 0.29) is 21.5 Å². The number of hydrogen-bond donors (Lipinski definition) is 1. The molecule has 0 aliphatic heterocycles. The smallest absolute Gasteiger partial charge is 0.243 e. The third kappa shape index (κ3) is 5.12. The molecule has 2 aromatic carbocycles. The zero-order valence-corrected chi connectivity index (χ0v) is 16.6. The number of halogens is 2. The Morgan fingerprint density at radius 1 is 1.16 bits per heavy atom. The van der Waals surface area contributed by atoms with Crippen molar-refractivity contribution in [3.05, 3.63) is 52.5 Å². The van der Waals surface area contributed by atoms with E-state index < -0.39 is 15.9 Å². The first kappa shape index (κ1) is 20.1. The van der Waals surface area contributed by atoms with Crippen LogP contribution in [-0.2, 0) is 14.8 Å². The monoisotopic (exact) mass is 418 g/mol. The summed E-state index contributed by atoms with van der Waals surface area (Å²) in [5.41, 5.74) is 0.636. The van der Waals surface area contributed by atoms with Crippen molar-refractivity contribution in [3.63, 3.8) is 0 Å². The van der Waals surface area contributed by atoms with Crippen LogP contribution in [0.2, 0.25) is 10.0 Å². The highest BCUT2D eigenvalue weighted by atomic mass is 35.5. The summed E-state index contributed by atoms with van der Waals surface area (Å²) in [7, 11) is -2.57. The molecule has 0 saturated carbocycles. The van der Waals surface area contributed by atoms with E-state index in [0.29, 0.717) is 5.69 Å². The Balaban J connectivity index is 2.14. The highest BCUT2D eigenvalue weighted by Gasteiger charge is 2.24. The number of rotatable bonds is 6. The number of likely N-dealkylation sites (N-methyl/N-ethyl adjacent to an activating group) is 1. The number of carbonyl (C=O) groups excluding carboxylic acids is 1. The maximum atomic E-state index is 12.6. The van der Waals surface area contributed by atoms with Crippen LogP contribution in [0, 0.1) is 0 Å². The first-order chi connectivity index (χ1) is 11.7. The molecule has 0 atom stereocenters. The second-order valence-corrected chi connectivity index (χ2v) is 8.88. The van der Waals surface area contributed by atoms with Crippen molar-refractivity contribution < 1.29 is 13.2 Å². The van der Waals surface area contributed by atoms with Gasteiger partial charge < -0.3 is 5.32 Å². The molecule has 134 valence electrons. The fourth-order valence-corrected chi connectivity index (χ4v) is 4.49. The summed E-state index contributed by atoms with van der Waals surface area (Å²) >= 11 is 13.2. The van der Waals surface area contributed by atoms with Crippen LogP contribution in [0.25, 0.3) is 0 Å². The zero-order valence-electron chi connectivity index (χ0n) is 13.5. The number of carbonyl (C=O) groups is 1. The fourth-order valence-electron chi connectivity index (χ4n) is 2.08. The van der Waals surface area contributed by atoms with E-state index in [1.165, 1.54) is 37.0 Å². The molecule has 1 amide bonds. The molecule has 0 unspecified atom stereocenters. The van der Waals surface area contributed by atoms with E-state index >= 15 is 0 Å². The molecule has 0 aliphatic carbocycles. The average Bonchev–Trinajstić information content (AvgIpc) is 2.54. The van der Waals surface area contributed by atoms with Crippen molar-refractivity contribution in [3.8, 4) is 0 Å². The molecule has 0 spiro atoms. The van der Waals surface area contributed by atoms with E-state index in [1.807, 2.05) is 18.4 Å². The molecule has 9 heteroatoms. The van der Waals surface area contributed by atoms with Crippen LogP contribution in [0.5, 0.6) is 0 Å². The lowest BCUT2D eigenvalue weighted by Gasteiger charge is -2.18. The minimum Gasteiger partial charge on any atom is -0.324 e. The summed E-state index contributed by atoms with van der Waals surface area (Å²) in [5.74, 6) is -0.444. The Hall–Kier alpha value is -1.25. The predicted octanol–water partition coefficient (Wildman–Crippen LogP) is 3.97. The molecule has 0 aliphatic rings. The topological polar surface area (TPSA) is 66.5 Å². The average molecular weight is 419 g/mol. The van der Waals surface area contributed by atoms with Crippen LogP contribution in [-0.4, -0.2) is 38.5 Å². The first-order valence-electron chi connectivity index (χ1n) is 7.09. The molecule has 0 fully saturated rings. The number of sulfonamides is 1. The summed E-state index contributed by atoms with van der Waals surface area (Å²) in [6.45, 7) is -0.338. The van der Waals surface area contributed by atoms with Crippen molar-refractivity contribution in [2.24, 2.45) is 0 Å². The van der Waals surface area contributed by atoms with Gasteiger partial charge in [0.25, 0.3) is 0 Å². The van der Waals surface area contributed by atoms with Gasteiger partial charge in [-0.05, 0) is 36.6 Å². The number of benzene rings is 2. The SMILES string of the molecule is CSc1ccccc1NC(=O)CN(C)S(=O)(=O)c1cc(Cl)cc(Cl)c1. The van der Waals surface area contributed by atoms with Gasteiger partial charge in [0.1, 0.15) is 0 Å². The van der Waals surface area contributed by atoms with Crippen LogP contribution in [0.3, 0.4) is 0 Å². The van der Waals surface area contributed by atoms with Crippen LogP contribution < -0.4 is 5.32 Å². The molecule has 0 saturated heterocycles. The molecule has 25 heavy (non-hydrogen) atoms. The van der Waals surface area contributed by atoms with Gasteiger partial charge in [0, 0.05) is 22.0 Å². The van der Waals surface area contributed by atoms with E-state index in [0.717, 1.165) is 9.20 Å². The Bertz CT molecular complexity index is 868. The molecule has 0 aromatic heterocycles. The molecule has 2 aromatic rings. The van der Waals surface area contributed by atoms with Gasteiger partial charge in [0.15, 0.2) is 0 Å². The van der Waals surface area contributed by atoms with Crippen molar-refractivity contribution >= 4 is 56.6 Å². The van der Waals surface area contributed by atoms with E-state index in [1.54, 1.807) is 12.1 Å². The van der Waals surface area contributed by atoms with Crippen molar-refractivity contribution in [1.82, 2.24) is 4.31 Å². The number of thioether (sulfide) groups is 1. The molecule has 5 nitrogen and oxygen atoms in total. The number of nitrogens with one attached hydrogen (secondary N) is 1. The Labute approximate surface area is 161 Å². The van der Waals surface area contributed by atoms with Gasteiger partial charge in [-0.2, -0.15) is 4.31 Å². The number of para-hydroxylation sites is 1. The van der Waals surface area contributed by atoms with Gasteiger partial charge in [-0.1, -0.05) is 35.3 Å². The van der Waals surface area contributed by atoms with E-state index in [2.05, 4.69) is 5.32 Å². The second kappa shape index (κ2) is 8.42. The minimum absolute atomic E-state index is 0.0650. The number of hydrogen-bond acceptors (Lipinski definition) is 4. The minimum atomic E-state index is -3.89. The van der Waals surface area contributed by atoms with Gasteiger partial charge in [0.2, 0.25) is 15.9 Å². The van der Waals surface area contributed by atoms with E-state index in [9.17, 15) is 13.2 Å². The number of anilines is 1. The molecule has 0 bridgehead atoms. The predicted molar refractivity (Wildman–Crippen MR) is 103 cm³/mol. The standard InChI is InChI=1S/C16H16Cl2N2O3S2/c1-20(25(22,23)13-8-11(17)7-12(18)9-13)10-16(21)19-14-5-3-4-6-15(14)24-2/h3-9H,10H2,1-2H3,(H,19,21). The third-order valence-electron chi connectivity index (χ3n) is 3.29. The quantitative estimate of drug-likeness (QED) is 0.720. The summed E-state index contributed by atoms with van der Waals surface area (Å²) in [6, 6.07) is 11.3. The van der Waals surface area contributed by atoms with Gasteiger partial charge in [-0.15, -0.1) is 11.8 Å². The van der Waals surface area contributed by atoms with Gasteiger partial charge in [-0.25, -0.2) is 8.42 Å². The fraction of sp³-hybridized carbons (Fsp3) is 0.188. The molecule has 2 rings (SSSR count). The maximum absolute atomic E-state index is 12.6. The number of nitrogens with zero attached hydrogens (tertiary/aromatic N) is 1. The van der Waals surface area contributed by atoms with Crippen LogP contribution >= 0.6 is 35.0 Å². The maximum Gasteiger partial charge on any atom is 0.243 e. The zero-order chi connectivity index (χ0) is 18.6. The Morgan fingerprint density at radius 3 is 2.36 bits per heavy atom. The van der Waals surface area contributed by atoms with Gasteiger partial charge >= 0.3 is 0 Å². The van der Waals surface area contributed by atoms with E-state index in [4.69, 9.17) is 23.2 Å². The normalized spacial score (nSPS) is 11.6. The lowest BCUT2D eigenvalue weighted by atomic mass is 10.3. The molecular formula is C16H16Cl2N2O3S2. The van der Waals surface area contributed by atoms with Crippen molar-refractivity contribution in [2.75, 3.05) is 25.2 Å². The summed E-state index contributed by atoms with van der Waals surface area (Å²) < 4.78 is 26.1. The number of amides is 1. The van der Waals surface area contributed by atoms with Crippen molar-refractivity contribution in [1.29, 1.82) is 0 Å². The highest BCUT2D eigenvalue weighted by Crippen LogP contribution is 2.26. The molecule has 0 heterocycles. The lowest BCUT2D eigenvalue weighted by molar-refractivity contribution is -0.116. The summed E-state index contributed by atoms with van der Waals surface area (Å²) in [6.07, 6.45) is 1.89. The first-order valence-corrected chi connectivity index (χ1v) is 10.5. The summed E-state index contributed by atoms with van der Waals surface area (Å²) in [5, 5.41) is 3.13. The second-order valence-electron chi connectivity index (χ2n) is 5.11. The van der Waals surface area contributed by atoms with Crippen molar-refractivity contribution in [2.45, 2.75) is 9.79 Å². The van der Waals surface area contributed by atoms with Crippen LogP contribution in [0.1, 0.15) is 0 Å².